The third-order valence-electron chi connectivity index (χ3n) is 4.10. The van der Waals surface area contributed by atoms with Crippen molar-refractivity contribution in [3.8, 4) is 17.3 Å². The van der Waals surface area contributed by atoms with Gasteiger partial charge in [-0.2, -0.15) is 4.98 Å². The fourth-order valence-electron chi connectivity index (χ4n) is 2.81. The first kappa shape index (κ1) is 16.7. The lowest BCUT2D eigenvalue weighted by Gasteiger charge is -2.10. The van der Waals surface area contributed by atoms with Gasteiger partial charge in [-0.1, -0.05) is 42.5 Å². The average Bonchev–Trinajstić information content (AvgIpc) is 3.04. The Bertz CT molecular complexity index is 1180. The van der Waals surface area contributed by atoms with Gasteiger partial charge in [-0.3, -0.25) is 14.7 Å². The van der Waals surface area contributed by atoms with Gasteiger partial charge in [0, 0.05) is 17.3 Å². The van der Waals surface area contributed by atoms with Crippen LogP contribution in [0.2, 0.25) is 0 Å². The van der Waals surface area contributed by atoms with Crippen LogP contribution in [0.15, 0.2) is 65.5 Å². The number of benzene rings is 2. The second-order valence-electron chi connectivity index (χ2n) is 6.02. The van der Waals surface area contributed by atoms with Gasteiger partial charge in [-0.05, 0) is 19.1 Å². The highest BCUT2D eigenvalue weighted by Gasteiger charge is 2.14. The maximum atomic E-state index is 12.4. The molecule has 0 saturated heterocycles. The highest BCUT2D eigenvalue weighted by atomic mass is 16.5. The van der Waals surface area contributed by atoms with Crippen LogP contribution in [0.25, 0.3) is 22.3 Å². The molecule has 2 aromatic heterocycles. The number of carbonyl (C=O) groups excluding carboxylic acids is 1. The standard InChI is InChI=1S/C20H16N4O3/c1-13-11-17(25)23-24(13)18(26)12-27-20-15-9-5-6-10-16(15)21-19(22-20)14-7-3-2-4-8-14/h2-11H,12H2,1H3,(H,23,25). The summed E-state index contributed by atoms with van der Waals surface area (Å²) in [5, 5.41) is 3.16. The quantitative estimate of drug-likeness (QED) is 0.604. The molecule has 2 heterocycles. The number of aromatic amines is 1. The zero-order valence-corrected chi connectivity index (χ0v) is 14.5. The third kappa shape index (κ3) is 3.35. The minimum Gasteiger partial charge on any atom is -0.467 e. The van der Waals surface area contributed by atoms with E-state index in [-0.39, 0.29) is 12.2 Å². The summed E-state index contributed by atoms with van der Waals surface area (Å²) >= 11 is 0. The normalized spacial score (nSPS) is 10.9. The monoisotopic (exact) mass is 360 g/mol. The SMILES string of the molecule is Cc1cc(=O)[nH]n1C(=O)COc1nc(-c2ccccc2)nc2ccccc12. The smallest absolute Gasteiger partial charge is 0.283 e. The molecule has 4 rings (SSSR count). The molecule has 0 bridgehead atoms. The molecule has 0 aliphatic rings. The average molecular weight is 360 g/mol. The van der Waals surface area contributed by atoms with E-state index >= 15 is 0 Å². The number of H-pyrrole nitrogens is 1. The van der Waals surface area contributed by atoms with Crippen LogP contribution in [0.5, 0.6) is 5.88 Å². The first-order valence-electron chi connectivity index (χ1n) is 8.39. The topological polar surface area (TPSA) is 89.9 Å². The van der Waals surface area contributed by atoms with E-state index in [4.69, 9.17) is 4.74 Å². The second kappa shape index (κ2) is 6.87. The maximum Gasteiger partial charge on any atom is 0.283 e. The Morgan fingerprint density at radius 2 is 1.81 bits per heavy atom. The van der Waals surface area contributed by atoms with Crippen LogP contribution in [0.1, 0.15) is 10.5 Å². The molecule has 0 aliphatic carbocycles. The van der Waals surface area contributed by atoms with Gasteiger partial charge in [-0.25, -0.2) is 9.67 Å². The predicted octanol–water partition coefficient (Wildman–Crippen LogP) is 2.81. The van der Waals surface area contributed by atoms with Crippen molar-refractivity contribution in [2.45, 2.75) is 6.92 Å². The van der Waals surface area contributed by atoms with E-state index in [1.54, 1.807) is 6.92 Å². The number of fused-ring (bicyclic) bond motifs is 1. The van der Waals surface area contributed by atoms with Gasteiger partial charge < -0.3 is 4.74 Å². The largest absolute Gasteiger partial charge is 0.467 e. The van der Waals surface area contributed by atoms with Gasteiger partial charge in [0.2, 0.25) is 5.88 Å². The maximum absolute atomic E-state index is 12.4. The molecule has 1 N–H and O–H groups in total. The summed E-state index contributed by atoms with van der Waals surface area (Å²) in [4.78, 5) is 32.8. The fraction of sp³-hybridized carbons (Fsp3) is 0.100. The Morgan fingerprint density at radius 3 is 2.56 bits per heavy atom. The van der Waals surface area contributed by atoms with Crippen LogP contribution in [-0.2, 0) is 0 Å². The van der Waals surface area contributed by atoms with Crippen LogP contribution < -0.4 is 10.3 Å². The van der Waals surface area contributed by atoms with E-state index in [9.17, 15) is 9.59 Å². The molecular weight excluding hydrogens is 344 g/mol. The van der Waals surface area contributed by atoms with Crippen molar-refractivity contribution in [2.24, 2.45) is 0 Å². The van der Waals surface area contributed by atoms with Crippen molar-refractivity contribution in [3.63, 3.8) is 0 Å². The van der Waals surface area contributed by atoms with Crippen LogP contribution in [0.4, 0.5) is 0 Å². The highest BCUT2D eigenvalue weighted by molar-refractivity contribution is 5.86. The number of hydrogen-bond acceptors (Lipinski definition) is 5. The number of nitrogens with one attached hydrogen (secondary N) is 1. The fourth-order valence-corrected chi connectivity index (χ4v) is 2.81. The van der Waals surface area contributed by atoms with Crippen LogP contribution in [0, 0.1) is 6.92 Å². The molecular formula is C20H16N4O3. The summed E-state index contributed by atoms with van der Waals surface area (Å²) in [6.45, 7) is 1.41. The van der Waals surface area contributed by atoms with Crippen molar-refractivity contribution in [2.75, 3.05) is 6.61 Å². The van der Waals surface area contributed by atoms with Crippen molar-refractivity contribution in [1.29, 1.82) is 0 Å². The third-order valence-corrected chi connectivity index (χ3v) is 4.10. The lowest BCUT2D eigenvalue weighted by Crippen LogP contribution is -2.23. The zero-order valence-electron chi connectivity index (χ0n) is 14.5. The van der Waals surface area contributed by atoms with Gasteiger partial charge in [0.15, 0.2) is 12.4 Å². The summed E-state index contributed by atoms with van der Waals surface area (Å²) in [5.74, 6) is 0.445. The number of para-hydroxylation sites is 1. The van der Waals surface area contributed by atoms with E-state index < -0.39 is 5.91 Å². The van der Waals surface area contributed by atoms with Crippen molar-refractivity contribution in [3.05, 3.63) is 76.7 Å². The molecule has 0 unspecified atom stereocenters. The molecule has 0 atom stereocenters. The van der Waals surface area contributed by atoms with Crippen LogP contribution in [0.3, 0.4) is 0 Å². The molecule has 0 saturated carbocycles. The summed E-state index contributed by atoms with van der Waals surface area (Å²) in [5.41, 5.74) is 1.76. The lowest BCUT2D eigenvalue weighted by molar-refractivity contribution is 0.0815. The molecule has 4 aromatic rings. The number of rotatable bonds is 4. The molecule has 0 amide bonds. The van der Waals surface area contributed by atoms with Crippen molar-refractivity contribution >= 4 is 16.8 Å². The number of hydrogen-bond donors (Lipinski definition) is 1. The van der Waals surface area contributed by atoms with E-state index in [1.165, 1.54) is 10.7 Å². The van der Waals surface area contributed by atoms with Crippen LogP contribution in [-0.4, -0.2) is 32.3 Å². The summed E-state index contributed by atoms with van der Waals surface area (Å²) in [7, 11) is 0. The van der Waals surface area contributed by atoms with E-state index in [0.717, 1.165) is 11.1 Å². The number of carbonyl (C=O) groups is 1. The van der Waals surface area contributed by atoms with E-state index in [2.05, 4.69) is 15.1 Å². The van der Waals surface area contributed by atoms with Crippen molar-refractivity contribution < 1.29 is 9.53 Å². The highest BCUT2D eigenvalue weighted by Crippen LogP contribution is 2.26. The summed E-state index contributed by atoms with van der Waals surface area (Å²) in [6, 6.07) is 18.3. The van der Waals surface area contributed by atoms with Gasteiger partial charge in [0.05, 0.1) is 10.9 Å². The van der Waals surface area contributed by atoms with Crippen LogP contribution >= 0.6 is 0 Å². The Labute approximate surface area is 154 Å². The van der Waals surface area contributed by atoms with Crippen molar-refractivity contribution in [1.82, 2.24) is 19.7 Å². The molecule has 0 spiro atoms. The lowest BCUT2D eigenvalue weighted by atomic mass is 10.2. The molecule has 0 aliphatic heterocycles. The minimum atomic E-state index is -0.390. The van der Waals surface area contributed by atoms with E-state index in [0.29, 0.717) is 22.8 Å². The molecule has 27 heavy (non-hydrogen) atoms. The zero-order chi connectivity index (χ0) is 18.8. The predicted molar refractivity (Wildman–Crippen MR) is 101 cm³/mol. The first-order valence-corrected chi connectivity index (χ1v) is 8.39. The molecule has 7 nitrogen and oxygen atoms in total. The first-order chi connectivity index (χ1) is 13.1. The molecule has 0 fully saturated rings. The number of aromatic nitrogens is 4. The Balaban J connectivity index is 1.69. The van der Waals surface area contributed by atoms with E-state index in [1.807, 2.05) is 54.6 Å². The molecule has 0 radical (unpaired) electrons. The molecule has 134 valence electrons. The molecule has 2 aromatic carbocycles. The van der Waals surface area contributed by atoms with Gasteiger partial charge in [0.25, 0.3) is 11.5 Å². The van der Waals surface area contributed by atoms with Gasteiger partial charge >= 0.3 is 0 Å². The summed E-state index contributed by atoms with van der Waals surface area (Å²) < 4.78 is 6.89. The number of ether oxygens (including phenoxy) is 1. The minimum absolute atomic E-state index is 0.263. The summed E-state index contributed by atoms with van der Waals surface area (Å²) in [6.07, 6.45) is 0. The molecule has 7 heteroatoms. The number of nitrogens with zero attached hydrogens (tertiary/aromatic N) is 3. The number of aryl methyl sites for hydroxylation is 1. The Morgan fingerprint density at radius 1 is 1.07 bits per heavy atom. The Hall–Kier alpha value is -3.74. The van der Waals surface area contributed by atoms with Gasteiger partial charge in [-0.15, -0.1) is 0 Å². The Kier molecular flexibility index (Phi) is 4.25. The van der Waals surface area contributed by atoms with Gasteiger partial charge in [0.1, 0.15) is 0 Å². The second-order valence-corrected chi connectivity index (χ2v) is 6.02.